The first-order valence-corrected chi connectivity index (χ1v) is 13.9. The SMILES string of the molecule is CCOC(=O)CC(NC(=O)Cc1ccc(Cl)cc1Cl)c1cccc(N(N=C(N)N)S(=O)(=O)c2ccccc2)c1. The number of nitrogens with one attached hydrogen (secondary N) is 1. The van der Waals surface area contributed by atoms with Gasteiger partial charge in [0.05, 0.1) is 36.1 Å². The van der Waals surface area contributed by atoms with Crippen LogP contribution in [-0.2, 0) is 30.8 Å². The van der Waals surface area contributed by atoms with Crippen LogP contribution in [0.25, 0.3) is 0 Å². The van der Waals surface area contributed by atoms with Crippen molar-refractivity contribution < 1.29 is 22.7 Å². The Hall–Kier alpha value is -3.80. The Labute approximate surface area is 236 Å². The fourth-order valence-electron chi connectivity index (χ4n) is 3.63. The van der Waals surface area contributed by atoms with Gasteiger partial charge in [0.25, 0.3) is 10.0 Å². The van der Waals surface area contributed by atoms with E-state index in [2.05, 4.69) is 10.4 Å². The number of hydrazone groups is 1. The van der Waals surface area contributed by atoms with Gasteiger partial charge >= 0.3 is 5.97 Å². The number of amides is 1. The summed E-state index contributed by atoms with van der Waals surface area (Å²) in [5, 5.41) is 7.39. The Morgan fingerprint density at radius 2 is 1.74 bits per heavy atom. The molecule has 3 aromatic carbocycles. The number of halogens is 2. The van der Waals surface area contributed by atoms with E-state index in [-0.39, 0.29) is 30.0 Å². The summed E-state index contributed by atoms with van der Waals surface area (Å²) < 4.78 is 32.6. The largest absolute Gasteiger partial charge is 0.466 e. The first-order valence-electron chi connectivity index (χ1n) is 11.7. The van der Waals surface area contributed by atoms with Gasteiger partial charge in [0.15, 0.2) is 0 Å². The van der Waals surface area contributed by atoms with E-state index < -0.39 is 33.9 Å². The second kappa shape index (κ2) is 13.3. The Balaban J connectivity index is 1.98. The van der Waals surface area contributed by atoms with Crippen molar-refractivity contribution in [3.8, 4) is 0 Å². The van der Waals surface area contributed by atoms with Crippen LogP contribution in [0.4, 0.5) is 5.69 Å². The number of hydrogen-bond acceptors (Lipinski definition) is 6. The quantitative estimate of drug-likeness (QED) is 0.133. The molecule has 3 rings (SSSR count). The summed E-state index contributed by atoms with van der Waals surface area (Å²) in [4.78, 5) is 25.3. The minimum absolute atomic E-state index is 0.0448. The van der Waals surface area contributed by atoms with Crippen LogP contribution in [0.3, 0.4) is 0 Å². The molecule has 1 amide bonds. The van der Waals surface area contributed by atoms with Crippen molar-refractivity contribution in [3.63, 3.8) is 0 Å². The zero-order valence-electron chi connectivity index (χ0n) is 20.9. The molecule has 5 N–H and O–H groups in total. The molecule has 0 saturated carbocycles. The average Bonchev–Trinajstić information content (AvgIpc) is 2.89. The Kier molecular flexibility index (Phi) is 10.2. The molecule has 0 aliphatic rings. The predicted octanol–water partition coefficient (Wildman–Crippen LogP) is 3.73. The molecule has 10 nitrogen and oxygen atoms in total. The molecule has 0 fully saturated rings. The molecule has 0 bridgehead atoms. The van der Waals surface area contributed by atoms with Gasteiger partial charge in [-0.1, -0.05) is 59.6 Å². The molecule has 0 radical (unpaired) electrons. The predicted molar refractivity (Wildman–Crippen MR) is 151 cm³/mol. The number of carbonyl (C=O) groups is 2. The molecule has 0 spiro atoms. The molecule has 1 unspecified atom stereocenters. The van der Waals surface area contributed by atoms with E-state index in [0.717, 1.165) is 0 Å². The summed E-state index contributed by atoms with van der Waals surface area (Å²) in [5.74, 6) is -1.48. The number of nitrogens with zero attached hydrogens (tertiary/aromatic N) is 2. The molecular formula is C26H27Cl2N5O5S. The molecule has 3 aromatic rings. The van der Waals surface area contributed by atoms with Gasteiger partial charge < -0.3 is 21.5 Å². The van der Waals surface area contributed by atoms with Gasteiger partial charge in [-0.25, -0.2) is 0 Å². The summed E-state index contributed by atoms with van der Waals surface area (Å²) in [6.07, 6.45) is -0.303. The van der Waals surface area contributed by atoms with E-state index in [0.29, 0.717) is 25.6 Å². The van der Waals surface area contributed by atoms with Crippen molar-refractivity contribution in [1.82, 2.24) is 5.32 Å². The lowest BCUT2D eigenvalue weighted by Gasteiger charge is -2.23. The zero-order valence-corrected chi connectivity index (χ0v) is 23.2. The van der Waals surface area contributed by atoms with E-state index in [1.807, 2.05) is 0 Å². The van der Waals surface area contributed by atoms with Gasteiger partial charge in [0.2, 0.25) is 11.9 Å². The molecule has 0 saturated heterocycles. The second-order valence-electron chi connectivity index (χ2n) is 8.22. The van der Waals surface area contributed by atoms with E-state index in [4.69, 9.17) is 39.4 Å². The van der Waals surface area contributed by atoms with Crippen LogP contribution in [0, 0.1) is 0 Å². The highest BCUT2D eigenvalue weighted by atomic mass is 35.5. The highest BCUT2D eigenvalue weighted by Crippen LogP contribution is 2.29. The van der Waals surface area contributed by atoms with Gasteiger partial charge in [-0.2, -0.15) is 12.8 Å². The maximum absolute atomic E-state index is 13.4. The van der Waals surface area contributed by atoms with E-state index in [1.165, 1.54) is 30.3 Å². The normalized spacial score (nSPS) is 11.8. The van der Waals surface area contributed by atoms with Crippen molar-refractivity contribution in [2.24, 2.45) is 16.6 Å². The van der Waals surface area contributed by atoms with Crippen molar-refractivity contribution >= 4 is 56.7 Å². The molecule has 0 aromatic heterocycles. The van der Waals surface area contributed by atoms with Crippen molar-refractivity contribution in [2.45, 2.75) is 30.7 Å². The van der Waals surface area contributed by atoms with Gasteiger partial charge in [-0.05, 0) is 54.4 Å². The summed E-state index contributed by atoms with van der Waals surface area (Å²) in [6, 6.07) is 17.6. The first kappa shape index (κ1) is 29.8. The monoisotopic (exact) mass is 591 g/mol. The number of hydrogen-bond donors (Lipinski definition) is 3. The van der Waals surface area contributed by atoms with Crippen LogP contribution in [0.2, 0.25) is 10.0 Å². The van der Waals surface area contributed by atoms with E-state index in [9.17, 15) is 18.0 Å². The molecule has 13 heteroatoms. The minimum atomic E-state index is -4.21. The maximum Gasteiger partial charge on any atom is 0.308 e. The minimum Gasteiger partial charge on any atom is -0.466 e. The summed E-state index contributed by atoms with van der Waals surface area (Å²) in [5.41, 5.74) is 12.1. The number of rotatable bonds is 11. The smallest absolute Gasteiger partial charge is 0.308 e. The summed E-state index contributed by atoms with van der Waals surface area (Å²) >= 11 is 12.1. The van der Waals surface area contributed by atoms with Crippen molar-refractivity contribution in [3.05, 3.63) is 94.0 Å². The van der Waals surface area contributed by atoms with Crippen molar-refractivity contribution in [2.75, 3.05) is 11.0 Å². The third-order valence-corrected chi connectivity index (χ3v) is 7.55. The number of sulfonamides is 1. The molecule has 0 aliphatic heterocycles. The van der Waals surface area contributed by atoms with Gasteiger partial charge in [0.1, 0.15) is 0 Å². The van der Waals surface area contributed by atoms with Crippen LogP contribution >= 0.6 is 23.2 Å². The molecule has 39 heavy (non-hydrogen) atoms. The van der Waals surface area contributed by atoms with Gasteiger partial charge in [0, 0.05) is 10.0 Å². The second-order valence-corrected chi connectivity index (χ2v) is 10.8. The summed E-state index contributed by atoms with van der Waals surface area (Å²) in [6.45, 7) is 1.81. The maximum atomic E-state index is 13.4. The van der Waals surface area contributed by atoms with E-state index >= 15 is 0 Å². The Morgan fingerprint density at radius 1 is 1.03 bits per heavy atom. The third kappa shape index (κ3) is 8.09. The number of ether oxygens (including phenoxy) is 1. The molecular weight excluding hydrogens is 565 g/mol. The molecule has 1 atom stereocenters. The zero-order chi connectivity index (χ0) is 28.6. The average molecular weight is 593 g/mol. The fraction of sp³-hybridized carbons (Fsp3) is 0.192. The third-order valence-electron chi connectivity index (χ3n) is 5.35. The topological polar surface area (TPSA) is 157 Å². The van der Waals surface area contributed by atoms with Gasteiger partial charge in [-0.3, -0.25) is 9.59 Å². The lowest BCUT2D eigenvalue weighted by Crippen LogP contribution is -2.34. The van der Waals surface area contributed by atoms with Crippen LogP contribution < -0.4 is 21.2 Å². The standard InChI is InChI=1S/C26H27Cl2N5O5S/c1-2-38-25(35)16-23(31-24(34)14-17-11-12-19(27)15-22(17)28)18-7-6-8-20(13-18)33(32-26(29)30)39(36,37)21-9-4-3-5-10-21/h3-13,15,23H,2,14,16H2,1H3,(H,31,34)(H4,29,30,32). The highest BCUT2D eigenvalue weighted by molar-refractivity contribution is 7.92. The number of benzene rings is 3. The Bertz CT molecular complexity index is 1460. The Morgan fingerprint density at radius 3 is 2.38 bits per heavy atom. The molecule has 206 valence electrons. The van der Waals surface area contributed by atoms with Crippen LogP contribution in [-0.4, -0.2) is 32.9 Å². The number of esters is 1. The van der Waals surface area contributed by atoms with Gasteiger partial charge in [-0.15, -0.1) is 5.10 Å². The van der Waals surface area contributed by atoms with Crippen LogP contribution in [0.15, 0.2) is 82.8 Å². The summed E-state index contributed by atoms with van der Waals surface area (Å²) in [7, 11) is -4.21. The first-order chi connectivity index (χ1) is 18.5. The number of anilines is 1. The fourth-order valence-corrected chi connectivity index (χ4v) is 5.40. The number of guanidine groups is 1. The highest BCUT2D eigenvalue weighted by Gasteiger charge is 2.27. The van der Waals surface area contributed by atoms with Crippen LogP contribution in [0.5, 0.6) is 0 Å². The van der Waals surface area contributed by atoms with Crippen molar-refractivity contribution in [1.29, 1.82) is 0 Å². The van der Waals surface area contributed by atoms with Crippen LogP contribution in [0.1, 0.15) is 30.5 Å². The molecule has 0 heterocycles. The number of nitrogens with two attached hydrogens (primary N) is 2. The molecule has 0 aliphatic carbocycles. The lowest BCUT2D eigenvalue weighted by atomic mass is 10.0. The van der Waals surface area contributed by atoms with E-state index in [1.54, 1.807) is 49.4 Å². The lowest BCUT2D eigenvalue weighted by molar-refractivity contribution is -0.143. The number of carbonyl (C=O) groups excluding carboxylic acids is 2.